The molecule has 2 aromatic rings. The molecule has 0 aliphatic carbocycles. The van der Waals surface area contributed by atoms with E-state index in [0.29, 0.717) is 5.82 Å². The lowest BCUT2D eigenvalue weighted by atomic mass is 10.2. The summed E-state index contributed by atoms with van der Waals surface area (Å²) in [6, 6.07) is 11.5. The van der Waals surface area contributed by atoms with Crippen LogP contribution in [-0.4, -0.2) is 20.2 Å². The van der Waals surface area contributed by atoms with Gasteiger partial charge in [0.15, 0.2) is 5.82 Å². The predicted molar refractivity (Wildman–Crippen MR) is 53.2 cm³/mol. The van der Waals surface area contributed by atoms with E-state index in [4.69, 9.17) is 5.26 Å². The van der Waals surface area contributed by atoms with Crippen LogP contribution in [0.3, 0.4) is 0 Å². The van der Waals surface area contributed by atoms with Gasteiger partial charge in [-0.2, -0.15) is 5.26 Å². The summed E-state index contributed by atoms with van der Waals surface area (Å²) in [7, 11) is 0. The van der Waals surface area contributed by atoms with Crippen molar-refractivity contribution < 1.29 is 0 Å². The summed E-state index contributed by atoms with van der Waals surface area (Å²) < 4.78 is 0. The van der Waals surface area contributed by atoms with Gasteiger partial charge in [-0.25, -0.2) is 0 Å². The van der Waals surface area contributed by atoms with Gasteiger partial charge < -0.3 is 0 Å². The SMILES string of the molecule is CC(C#N)c1nnn(-c2ccccc2)n1. The molecule has 15 heavy (non-hydrogen) atoms. The van der Waals surface area contributed by atoms with Crippen LogP contribution in [0.5, 0.6) is 0 Å². The maximum Gasteiger partial charge on any atom is 0.192 e. The largest absolute Gasteiger partial charge is 0.198 e. The molecule has 74 valence electrons. The van der Waals surface area contributed by atoms with Gasteiger partial charge in [0, 0.05) is 0 Å². The van der Waals surface area contributed by atoms with Gasteiger partial charge in [0.25, 0.3) is 0 Å². The molecule has 5 nitrogen and oxygen atoms in total. The van der Waals surface area contributed by atoms with E-state index in [-0.39, 0.29) is 5.92 Å². The van der Waals surface area contributed by atoms with Crippen LogP contribution in [0.1, 0.15) is 18.7 Å². The molecule has 0 saturated carbocycles. The van der Waals surface area contributed by atoms with Crippen LogP contribution in [0, 0.1) is 11.3 Å². The minimum Gasteiger partial charge on any atom is -0.198 e. The van der Waals surface area contributed by atoms with E-state index >= 15 is 0 Å². The Labute approximate surface area is 87.0 Å². The van der Waals surface area contributed by atoms with Crippen LogP contribution >= 0.6 is 0 Å². The van der Waals surface area contributed by atoms with Gasteiger partial charge in [-0.05, 0) is 24.3 Å². The summed E-state index contributed by atoms with van der Waals surface area (Å²) in [6.07, 6.45) is 0. The van der Waals surface area contributed by atoms with Gasteiger partial charge in [-0.1, -0.05) is 18.2 Å². The summed E-state index contributed by atoms with van der Waals surface area (Å²) in [5.41, 5.74) is 0.835. The van der Waals surface area contributed by atoms with E-state index in [1.165, 1.54) is 4.80 Å². The lowest BCUT2D eigenvalue weighted by Gasteiger charge is -1.95. The van der Waals surface area contributed by atoms with Gasteiger partial charge in [-0.3, -0.25) is 0 Å². The topological polar surface area (TPSA) is 67.4 Å². The van der Waals surface area contributed by atoms with E-state index in [2.05, 4.69) is 21.5 Å². The summed E-state index contributed by atoms with van der Waals surface area (Å²) >= 11 is 0. The first-order valence-electron chi connectivity index (χ1n) is 4.56. The average molecular weight is 199 g/mol. The zero-order chi connectivity index (χ0) is 10.7. The molecule has 0 spiro atoms. The van der Waals surface area contributed by atoms with Crippen LogP contribution in [0.2, 0.25) is 0 Å². The molecule has 1 atom stereocenters. The smallest absolute Gasteiger partial charge is 0.192 e. The maximum absolute atomic E-state index is 8.70. The van der Waals surface area contributed by atoms with Gasteiger partial charge in [-0.15, -0.1) is 15.0 Å². The van der Waals surface area contributed by atoms with Gasteiger partial charge in [0.2, 0.25) is 0 Å². The molecule has 0 saturated heterocycles. The van der Waals surface area contributed by atoms with Crippen molar-refractivity contribution >= 4 is 0 Å². The van der Waals surface area contributed by atoms with E-state index in [1.807, 2.05) is 30.3 Å². The fourth-order valence-corrected chi connectivity index (χ4v) is 1.13. The minimum absolute atomic E-state index is 0.331. The zero-order valence-corrected chi connectivity index (χ0v) is 8.20. The third-order valence-corrected chi connectivity index (χ3v) is 2.00. The fourth-order valence-electron chi connectivity index (χ4n) is 1.13. The van der Waals surface area contributed by atoms with Crippen LogP contribution in [0.25, 0.3) is 5.69 Å². The van der Waals surface area contributed by atoms with Crippen LogP contribution in [-0.2, 0) is 0 Å². The molecule has 0 bridgehead atoms. The molecular weight excluding hydrogens is 190 g/mol. The Bertz CT molecular complexity index is 482. The molecule has 1 aromatic heterocycles. The number of hydrogen-bond donors (Lipinski definition) is 0. The predicted octanol–water partition coefficient (Wildman–Crippen LogP) is 1.29. The number of benzene rings is 1. The van der Waals surface area contributed by atoms with Crippen molar-refractivity contribution in [2.45, 2.75) is 12.8 Å². The standard InChI is InChI=1S/C10H9N5/c1-8(7-11)10-12-14-15(13-10)9-5-3-2-4-6-9/h2-6,8H,1H3. The molecule has 0 fully saturated rings. The molecule has 1 unspecified atom stereocenters. The molecule has 2 rings (SSSR count). The Balaban J connectivity index is 2.33. The quantitative estimate of drug-likeness (QED) is 0.730. The second kappa shape index (κ2) is 3.88. The highest BCUT2D eigenvalue weighted by atomic mass is 15.6. The highest BCUT2D eigenvalue weighted by Gasteiger charge is 2.11. The third-order valence-electron chi connectivity index (χ3n) is 2.00. The van der Waals surface area contributed by atoms with E-state index < -0.39 is 0 Å². The number of nitriles is 1. The maximum atomic E-state index is 8.70. The second-order valence-corrected chi connectivity index (χ2v) is 3.12. The average Bonchev–Trinajstić information content (AvgIpc) is 2.78. The van der Waals surface area contributed by atoms with Crippen LogP contribution in [0.4, 0.5) is 0 Å². The first-order valence-corrected chi connectivity index (χ1v) is 4.56. The molecule has 0 radical (unpaired) electrons. The number of para-hydroxylation sites is 1. The lowest BCUT2D eigenvalue weighted by Crippen LogP contribution is -1.99. The van der Waals surface area contributed by atoms with Crippen molar-refractivity contribution in [2.24, 2.45) is 0 Å². The summed E-state index contributed by atoms with van der Waals surface area (Å²) in [6.45, 7) is 1.74. The van der Waals surface area contributed by atoms with Crippen molar-refractivity contribution in [3.05, 3.63) is 36.2 Å². The van der Waals surface area contributed by atoms with Crippen molar-refractivity contribution in [2.75, 3.05) is 0 Å². The highest BCUT2D eigenvalue weighted by Crippen LogP contribution is 2.08. The van der Waals surface area contributed by atoms with Crippen LogP contribution < -0.4 is 0 Å². The highest BCUT2D eigenvalue weighted by molar-refractivity contribution is 5.28. The summed E-state index contributed by atoms with van der Waals surface area (Å²) in [5.74, 6) is 0.115. The Morgan fingerprint density at radius 2 is 2.07 bits per heavy atom. The summed E-state index contributed by atoms with van der Waals surface area (Å²) in [4.78, 5) is 1.42. The normalized spacial score (nSPS) is 12.0. The molecule has 1 aromatic carbocycles. The summed E-state index contributed by atoms with van der Waals surface area (Å²) in [5, 5.41) is 20.5. The van der Waals surface area contributed by atoms with Crippen molar-refractivity contribution in [3.8, 4) is 11.8 Å². The molecule has 0 aliphatic rings. The first kappa shape index (κ1) is 9.34. The van der Waals surface area contributed by atoms with Gasteiger partial charge >= 0.3 is 0 Å². The van der Waals surface area contributed by atoms with E-state index in [1.54, 1.807) is 6.92 Å². The fraction of sp³-hybridized carbons (Fsp3) is 0.200. The van der Waals surface area contributed by atoms with Gasteiger partial charge in [0.1, 0.15) is 5.92 Å². The van der Waals surface area contributed by atoms with E-state index in [0.717, 1.165) is 5.69 Å². The third kappa shape index (κ3) is 1.83. The Morgan fingerprint density at radius 1 is 1.33 bits per heavy atom. The molecule has 5 heteroatoms. The number of tetrazole rings is 1. The Morgan fingerprint density at radius 3 is 2.73 bits per heavy atom. The van der Waals surface area contributed by atoms with Crippen molar-refractivity contribution in [1.29, 1.82) is 5.26 Å². The number of aromatic nitrogens is 4. The molecule has 1 heterocycles. The molecular formula is C10H9N5. The number of rotatable bonds is 2. The van der Waals surface area contributed by atoms with Crippen molar-refractivity contribution in [1.82, 2.24) is 20.2 Å². The Hall–Kier alpha value is -2.22. The van der Waals surface area contributed by atoms with E-state index in [9.17, 15) is 0 Å². The monoisotopic (exact) mass is 199 g/mol. The lowest BCUT2D eigenvalue weighted by molar-refractivity contribution is 0.716. The number of hydrogen-bond acceptors (Lipinski definition) is 4. The second-order valence-electron chi connectivity index (χ2n) is 3.12. The van der Waals surface area contributed by atoms with Crippen LogP contribution in [0.15, 0.2) is 30.3 Å². The Kier molecular flexibility index (Phi) is 2.42. The molecule has 0 aliphatic heterocycles. The zero-order valence-electron chi connectivity index (χ0n) is 8.20. The van der Waals surface area contributed by atoms with Crippen molar-refractivity contribution in [3.63, 3.8) is 0 Å². The molecule has 0 N–H and O–H groups in total. The molecule has 0 amide bonds. The van der Waals surface area contributed by atoms with Gasteiger partial charge in [0.05, 0.1) is 11.8 Å². The minimum atomic E-state index is -0.331. The number of nitrogens with zero attached hydrogens (tertiary/aromatic N) is 5. The first-order chi connectivity index (χ1) is 7.31.